The van der Waals surface area contributed by atoms with E-state index >= 15 is 0 Å². The number of aromatic nitrogens is 2. The van der Waals surface area contributed by atoms with E-state index in [1.54, 1.807) is 29.7 Å². The molecule has 1 amide bonds. The van der Waals surface area contributed by atoms with E-state index in [1.807, 2.05) is 37.3 Å². The largest absolute Gasteiger partial charge is 0.452 e. The van der Waals surface area contributed by atoms with Crippen molar-refractivity contribution in [3.63, 3.8) is 0 Å². The number of esters is 1. The van der Waals surface area contributed by atoms with Gasteiger partial charge in [-0.25, -0.2) is 9.78 Å². The molecule has 0 unspecified atom stereocenters. The van der Waals surface area contributed by atoms with E-state index in [4.69, 9.17) is 4.74 Å². The van der Waals surface area contributed by atoms with Crippen LogP contribution in [-0.2, 0) is 22.6 Å². The molecule has 0 saturated carbocycles. The number of ether oxygens (including phenoxy) is 1. The summed E-state index contributed by atoms with van der Waals surface area (Å²) >= 11 is 0. The fourth-order valence-electron chi connectivity index (χ4n) is 2.88. The fraction of sp³-hybridized carbons (Fsp3) is 0.238. The van der Waals surface area contributed by atoms with Crippen LogP contribution in [0, 0.1) is 6.92 Å². The zero-order valence-electron chi connectivity index (χ0n) is 15.8. The van der Waals surface area contributed by atoms with Crippen LogP contribution in [0.2, 0.25) is 0 Å². The predicted octanol–water partition coefficient (Wildman–Crippen LogP) is 2.20. The zero-order chi connectivity index (χ0) is 20.1. The standard InChI is InChI=1S/C21H21N3O4/c1-3-24-18-10-9-16(11-17(18)23-14(2)20(24)26)21(27)28-13-19(25)22-12-15-7-5-4-6-8-15/h4-11H,3,12-13H2,1-2H3,(H,22,25). The molecular formula is C21H21N3O4. The Bertz CT molecular complexity index is 1070. The molecule has 28 heavy (non-hydrogen) atoms. The lowest BCUT2D eigenvalue weighted by Crippen LogP contribution is -2.28. The lowest BCUT2D eigenvalue weighted by Gasteiger charge is -2.10. The number of aryl methyl sites for hydroxylation is 2. The zero-order valence-corrected chi connectivity index (χ0v) is 15.8. The van der Waals surface area contributed by atoms with Crippen molar-refractivity contribution in [2.24, 2.45) is 0 Å². The van der Waals surface area contributed by atoms with Crippen molar-refractivity contribution in [2.75, 3.05) is 6.61 Å². The van der Waals surface area contributed by atoms with Gasteiger partial charge in [-0.3, -0.25) is 9.59 Å². The second-order valence-electron chi connectivity index (χ2n) is 6.29. The number of carbonyl (C=O) groups excluding carboxylic acids is 2. The maximum Gasteiger partial charge on any atom is 0.338 e. The van der Waals surface area contributed by atoms with E-state index in [2.05, 4.69) is 10.3 Å². The number of amides is 1. The topological polar surface area (TPSA) is 90.3 Å². The van der Waals surface area contributed by atoms with Crippen molar-refractivity contribution in [2.45, 2.75) is 26.9 Å². The number of hydrogen-bond donors (Lipinski definition) is 1. The monoisotopic (exact) mass is 379 g/mol. The third-order valence-corrected chi connectivity index (χ3v) is 4.33. The molecule has 0 aliphatic carbocycles. The minimum absolute atomic E-state index is 0.152. The summed E-state index contributed by atoms with van der Waals surface area (Å²) in [4.78, 5) is 40.6. The van der Waals surface area contributed by atoms with Gasteiger partial charge < -0.3 is 14.6 Å². The van der Waals surface area contributed by atoms with Crippen LogP contribution in [-0.4, -0.2) is 28.0 Å². The fourth-order valence-corrected chi connectivity index (χ4v) is 2.88. The highest BCUT2D eigenvalue weighted by Gasteiger charge is 2.13. The molecule has 0 spiro atoms. The molecular weight excluding hydrogens is 358 g/mol. The van der Waals surface area contributed by atoms with Crippen LogP contribution in [0.15, 0.2) is 53.3 Å². The minimum Gasteiger partial charge on any atom is -0.452 e. The van der Waals surface area contributed by atoms with Crippen LogP contribution in [0.4, 0.5) is 0 Å². The maximum absolute atomic E-state index is 12.3. The second kappa shape index (κ2) is 8.47. The Morgan fingerprint density at radius 3 is 2.61 bits per heavy atom. The molecule has 7 heteroatoms. The third-order valence-electron chi connectivity index (χ3n) is 4.33. The van der Waals surface area contributed by atoms with Crippen molar-refractivity contribution < 1.29 is 14.3 Å². The number of fused-ring (bicyclic) bond motifs is 1. The van der Waals surface area contributed by atoms with Gasteiger partial charge in [0.15, 0.2) is 6.61 Å². The Hall–Kier alpha value is -3.48. The van der Waals surface area contributed by atoms with E-state index in [9.17, 15) is 14.4 Å². The van der Waals surface area contributed by atoms with E-state index in [0.29, 0.717) is 29.8 Å². The van der Waals surface area contributed by atoms with Gasteiger partial charge in [0.2, 0.25) is 0 Å². The first-order valence-corrected chi connectivity index (χ1v) is 8.98. The van der Waals surface area contributed by atoms with Crippen LogP contribution in [0.1, 0.15) is 28.5 Å². The summed E-state index contributed by atoms with van der Waals surface area (Å²) in [5.41, 5.74) is 2.62. The summed E-state index contributed by atoms with van der Waals surface area (Å²) in [5, 5.41) is 2.70. The van der Waals surface area contributed by atoms with Gasteiger partial charge in [-0.2, -0.15) is 0 Å². The lowest BCUT2D eigenvalue weighted by atomic mass is 10.2. The Balaban J connectivity index is 1.65. The first-order valence-electron chi connectivity index (χ1n) is 8.98. The highest BCUT2D eigenvalue weighted by atomic mass is 16.5. The normalized spacial score (nSPS) is 10.6. The summed E-state index contributed by atoms with van der Waals surface area (Å²) < 4.78 is 6.69. The Kier molecular flexibility index (Phi) is 5.84. The Morgan fingerprint density at radius 2 is 1.89 bits per heavy atom. The van der Waals surface area contributed by atoms with Gasteiger partial charge in [0.1, 0.15) is 5.69 Å². The van der Waals surface area contributed by atoms with Crippen LogP contribution < -0.4 is 10.9 Å². The van der Waals surface area contributed by atoms with Crippen LogP contribution >= 0.6 is 0 Å². The molecule has 0 radical (unpaired) electrons. The molecule has 1 heterocycles. The second-order valence-corrected chi connectivity index (χ2v) is 6.29. The smallest absolute Gasteiger partial charge is 0.338 e. The van der Waals surface area contributed by atoms with E-state index in [0.717, 1.165) is 5.56 Å². The number of carbonyl (C=O) groups is 2. The van der Waals surface area contributed by atoms with Gasteiger partial charge in [0.25, 0.3) is 11.5 Å². The van der Waals surface area contributed by atoms with Gasteiger partial charge in [-0.15, -0.1) is 0 Å². The van der Waals surface area contributed by atoms with E-state index in [-0.39, 0.29) is 23.6 Å². The number of nitrogens with one attached hydrogen (secondary N) is 1. The molecule has 144 valence electrons. The molecule has 3 rings (SSSR count). The van der Waals surface area contributed by atoms with Crippen molar-refractivity contribution in [3.05, 3.63) is 75.7 Å². The molecule has 3 aromatic rings. The van der Waals surface area contributed by atoms with Gasteiger partial charge >= 0.3 is 5.97 Å². The average Bonchev–Trinajstić information content (AvgIpc) is 2.72. The van der Waals surface area contributed by atoms with Crippen LogP contribution in [0.3, 0.4) is 0 Å². The van der Waals surface area contributed by atoms with E-state index in [1.165, 1.54) is 0 Å². The molecule has 0 bridgehead atoms. The molecule has 1 N–H and O–H groups in total. The van der Waals surface area contributed by atoms with Crippen molar-refractivity contribution >= 4 is 22.9 Å². The molecule has 1 aromatic heterocycles. The Morgan fingerprint density at radius 1 is 1.14 bits per heavy atom. The molecule has 0 saturated heterocycles. The molecule has 2 aromatic carbocycles. The average molecular weight is 379 g/mol. The SMILES string of the molecule is CCn1c(=O)c(C)nc2cc(C(=O)OCC(=O)NCc3ccccc3)ccc21. The molecule has 0 aliphatic rings. The highest BCUT2D eigenvalue weighted by molar-refractivity contribution is 5.94. The number of rotatable bonds is 6. The molecule has 0 atom stereocenters. The van der Waals surface area contributed by atoms with Crippen molar-refractivity contribution in [1.82, 2.24) is 14.9 Å². The summed E-state index contributed by atoms with van der Waals surface area (Å²) in [6, 6.07) is 14.3. The number of benzene rings is 2. The Labute approximate surface area is 162 Å². The maximum atomic E-state index is 12.3. The van der Waals surface area contributed by atoms with Gasteiger partial charge in [0.05, 0.1) is 16.6 Å². The van der Waals surface area contributed by atoms with E-state index < -0.39 is 5.97 Å². The minimum atomic E-state index is -0.620. The highest BCUT2D eigenvalue weighted by Crippen LogP contribution is 2.14. The first-order chi connectivity index (χ1) is 13.5. The van der Waals surface area contributed by atoms with Crippen LogP contribution in [0.25, 0.3) is 11.0 Å². The third kappa shape index (κ3) is 4.25. The first kappa shape index (κ1) is 19.3. The summed E-state index contributed by atoms with van der Waals surface area (Å²) in [7, 11) is 0. The number of nitrogens with zero attached hydrogens (tertiary/aromatic N) is 2. The van der Waals surface area contributed by atoms with Crippen molar-refractivity contribution in [1.29, 1.82) is 0 Å². The summed E-state index contributed by atoms with van der Waals surface area (Å²) in [6.07, 6.45) is 0. The summed E-state index contributed by atoms with van der Waals surface area (Å²) in [5.74, 6) is -1.00. The quantitative estimate of drug-likeness (QED) is 0.663. The van der Waals surface area contributed by atoms with Gasteiger partial charge in [-0.05, 0) is 37.6 Å². The summed E-state index contributed by atoms with van der Waals surface area (Å²) in [6.45, 7) is 4.01. The molecule has 7 nitrogen and oxygen atoms in total. The lowest BCUT2D eigenvalue weighted by molar-refractivity contribution is -0.124. The number of hydrogen-bond acceptors (Lipinski definition) is 5. The molecule has 0 aliphatic heterocycles. The van der Waals surface area contributed by atoms with Gasteiger partial charge in [0, 0.05) is 13.1 Å². The molecule has 0 fully saturated rings. The van der Waals surface area contributed by atoms with Crippen LogP contribution in [0.5, 0.6) is 0 Å². The van der Waals surface area contributed by atoms with Gasteiger partial charge in [-0.1, -0.05) is 30.3 Å². The predicted molar refractivity (Wildman–Crippen MR) is 105 cm³/mol. The van der Waals surface area contributed by atoms with Crippen molar-refractivity contribution in [3.8, 4) is 0 Å².